The second-order valence-electron chi connectivity index (χ2n) is 8.47. The lowest BCUT2D eigenvalue weighted by molar-refractivity contribution is -0.126. The van der Waals surface area contributed by atoms with Crippen LogP contribution in [0.15, 0.2) is 77.7 Å². The van der Waals surface area contributed by atoms with Gasteiger partial charge < -0.3 is 5.32 Å². The number of amides is 1. The first-order chi connectivity index (χ1) is 16.3. The molecule has 1 amide bonds. The van der Waals surface area contributed by atoms with Gasteiger partial charge in [0.05, 0.1) is 6.04 Å². The lowest BCUT2D eigenvalue weighted by atomic mass is 9.96. The minimum Gasteiger partial charge on any atom is -0.349 e. The summed E-state index contributed by atoms with van der Waals surface area (Å²) < 4.78 is 54.1. The lowest BCUT2D eigenvalue weighted by Crippen LogP contribution is -2.43. The zero-order chi connectivity index (χ0) is 24.3. The first-order valence-electron chi connectivity index (χ1n) is 11.2. The number of hydrogen-bond acceptors (Lipinski definition) is 3. The summed E-state index contributed by atoms with van der Waals surface area (Å²) in [4.78, 5) is 12.1. The molecule has 178 valence electrons. The first-order valence-corrected chi connectivity index (χ1v) is 12.6. The lowest BCUT2D eigenvalue weighted by Gasteiger charge is -2.31. The van der Waals surface area contributed by atoms with Crippen molar-refractivity contribution in [3.63, 3.8) is 0 Å². The van der Waals surface area contributed by atoms with E-state index in [9.17, 15) is 22.0 Å². The van der Waals surface area contributed by atoms with E-state index in [2.05, 4.69) is 5.32 Å². The van der Waals surface area contributed by atoms with E-state index in [-0.39, 0.29) is 31.0 Å². The van der Waals surface area contributed by atoms with Crippen molar-refractivity contribution in [1.82, 2.24) is 9.62 Å². The fourth-order valence-corrected chi connectivity index (χ4v) is 5.73. The summed E-state index contributed by atoms with van der Waals surface area (Å²) in [6.45, 7) is 2.04. The van der Waals surface area contributed by atoms with Crippen molar-refractivity contribution in [1.29, 1.82) is 0 Å². The molecule has 0 aliphatic carbocycles. The zero-order valence-corrected chi connectivity index (χ0v) is 19.6. The Morgan fingerprint density at radius 1 is 0.941 bits per heavy atom. The van der Waals surface area contributed by atoms with Crippen molar-refractivity contribution < 1.29 is 22.0 Å². The predicted octanol–water partition coefficient (Wildman–Crippen LogP) is 4.91. The van der Waals surface area contributed by atoms with Crippen molar-refractivity contribution >= 4 is 15.9 Å². The molecule has 1 N–H and O–H groups in total. The topological polar surface area (TPSA) is 66.5 Å². The fourth-order valence-electron chi connectivity index (χ4n) is 4.18. The van der Waals surface area contributed by atoms with Crippen LogP contribution in [0, 0.1) is 17.6 Å². The average Bonchev–Trinajstić information content (AvgIpc) is 2.86. The highest BCUT2D eigenvalue weighted by Gasteiger charge is 2.34. The van der Waals surface area contributed by atoms with E-state index < -0.39 is 26.6 Å². The van der Waals surface area contributed by atoms with Crippen molar-refractivity contribution in [2.75, 3.05) is 13.1 Å². The molecular formula is C26H26F2N2O3S. The third-order valence-corrected chi connectivity index (χ3v) is 8.13. The van der Waals surface area contributed by atoms with E-state index in [1.165, 1.54) is 0 Å². The summed E-state index contributed by atoms with van der Waals surface area (Å²) >= 11 is 0. The number of carbonyl (C=O) groups excluding carboxylic acids is 1. The molecular weight excluding hydrogens is 458 g/mol. The first kappa shape index (κ1) is 24.0. The molecule has 0 aromatic heterocycles. The van der Waals surface area contributed by atoms with Gasteiger partial charge in [0, 0.05) is 19.0 Å². The Labute approximate surface area is 198 Å². The predicted molar refractivity (Wildman–Crippen MR) is 126 cm³/mol. The van der Waals surface area contributed by atoms with Gasteiger partial charge in [0.2, 0.25) is 15.9 Å². The van der Waals surface area contributed by atoms with Gasteiger partial charge in [-0.05, 0) is 54.7 Å². The molecule has 1 fully saturated rings. The number of sulfonamides is 1. The molecule has 5 nitrogen and oxygen atoms in total. The molecule has 8 heteroatoms. The van der Waals surface area contributed by atoms with Gasteiger partial charge in [0.15, 0.2) is 0 Å². The summed E-state index contributed by atoms with van der Waals surface area (Å²) in [5, 5.41) is 3.01. The highest BCUT2D eigenvalue weighted by Crippen LogP contribution is 2.27. The second-order valence-corrected chi connectivity index (χ2v) is 10.4. The number of halogens is 2. The van der Waals surface area contributed by atoms with Gasteiger partial charge in [-0.3, -0.25) is 4.79 Å². The number of rotatable bonds is 6. The molecule has 34 heavy (non-hydrogen) atoms. The minimum atomic E-state index is -4.17. The van der Waals surface area contributed by atoms with Crippen molar-refractivity contribution in [2.45, 2.75) is 30.7 Å². The number of piperidine rings is 1. The van der Waals surface area contributed by atoms with Crippen LogP contribution in [-0.4, -0.2) is 31.7 Å². The molecule has 3 aromatic rings. The monoisotopic (exact) mass is 484 g/mol. The average molecular weight is 485 g/mol. The van der Waals surface area contributed by atoms with Crippen LogP contribution in [0.25, 0.3) is 11.1 Å². The molecule has 1 heterocycles. The number of hydrogen-bond donors (Lipinski definition) is 1. The van der Waals surface area contributed by atoms with Crippen LogP contribution in [0.5, 0.6) is 0 Å². The summed E-state index contributed by atoms with van der Waals surface area (Å²) in [7, 11) is -4.17. The van der Waals surface area contributed by atoms with E-state index >= 15 is 0 Å². The van der Waals surface area contributed by atoms with Crippen LogP contribution in [0.4, 0.5) is 8.78 Å². The van der Waals surface area contributed by atoms with Crippen LogP contribution in [-0.2, 0) is 14.8 Å². The van der Waals surface area contributed by atoms with Crippen molar-refractivity contribution in [2.24, 2.45) is 5.92 Å². The Kier molecular flexibility index (Phi) is 7.09. The maximum absolute atomic E-state index is 14.0. The summed E-state index contributed by atoms with van der Waals surface area (Å²) in [6.07, 6.45) is 0.614. The second kappa shape index (κ2) is 10.0. The third-order valence-electron chi connectivity index (χ3n) is 6.21. The highest BCUT2D eigenvalue weighted by atomic mass is 32.2. The highest BCUT2D eigenvalue weighted by molar-refractivity contribution is 7.89. The summed E-state index contributed by atoms with van der Waals surface area (Å²) in [5.41, 5.74) is 3.17. The number of nitrogens with one attached hydrogen (secondary N) is 1. The van der Waals surface area contributed by atoms with E-state index in [4.69, 9.17) is 0 Å². The maximum Gasteiger partial charge on any atom is 0.246 e. The van der Waals surface area contributed by atoms with Gasteiger partial charge >= 0.3 is 0 Å². The van der Waals surface area contributed by atoms with Crippen LogP contribution < -0.4 is 5.32 Å². The quantitative estimate of drug-likeness (QED) is 0.541. The smallest absolute Gasteiger partial charge is 0.246 e. The molecule has 1 atom stereocenters. The van der Waals surface area contributed by atoms with Gasteiger partial charge in [-0.2, -0.15) is 4.31 Å². The number of carbonyl (C=O) groups is 1. The molecule has 1 unspecified atom stereocenters. The SMILES string of the molecule is CC(NC(=O)C1CCN(S(=O)(=O)c2cc(F)ccc2F)CC1)c1ccc(-c2ccccc2)cc1. The van der Waals surface area contributed by atoms with Gasteiger partial charge in [-0.1, -0.05) is 54.6 Å². The normalized spacial score (nSPS) is 16.2. The van der Waals surface area contributed by atoms with Gasteiger partial charge in [-0.25, -0.2) is 17.2 Å². The molecule has 1 saturated heterocycles. The van der Waals surface area contributed by atoms with Gasteiger partial charge in [0.1, 0.15) is 16.5 Å². The molecule has 0 radical (unpaired) electrons. The largest absolute Gasteiger partial charge is 0.349 e. The van der Waals surface area contributed by atoms with Crippen molar-refractivity contribution in [3.8, 4) is 11.1 Å². The fraction of sp³-hybridized carbons (Fsp3) is 0.269. The van der Waals surface area contributed by atoms with E-state index in [1.807, 2.05) is 61.5 Å². The summed E-state index contributed by atoms with van der Waals surface area (Å²) in [5.74, 6) is -2.31. The van der Waals surface area contributed by atoms with Crippen LogP contribution in [0.1, 0.15) is 31.4 Å². The number of nitrogens with zero attached hydrogens (tertiary/aromatic N) is 1. The third kappa shape index (κ3) is 5.18. The minimum absolute atomic E-state index is 0.0660. The Morgan fingerprint density at radius 2 is 1.56 bits per heavy atom. The molecule has 1 aliphatic heterocycles. The van der Waals surface area contributed by atoms with E-state index in [1.54, 1.807) is 0 Å². The molecule has 0 bridgehead atoms. The van der Waals surface area contributed by atoms with Gasteiger partial charge in [0.25, 0.3) is 0 Å². The Bertz CT molecular complexity index is 1260. The van der Waals surface area contributed by atoms with Gasteiger partial charge in [-0.15, -0.1) is 0 Å². The van der Waals surface area contributed by atoms with Crippen LogP contribution in [0.2, 0.25) is 0 Å². The summed E-state index contributed by atoms with van der Waals surface area (Å²) in [6, 6.07) is 20.2. The van der Waals surface area contributed by atoms with E-state index in [0.717, 1.165) is 33.1 Å². The Balaban J connectivity index is 1.35. The Hall–Kier alpha value is -3.10. The maximum atomic E-state index is 14.0. The molecule has 0 spiro atoms. The molecule has 1 aliphatic rings. The Morgan fingerprint density at radius 3 is 2.21 bits per heavy atom. The zero-order valence-electron chi connectivity index (χ0n) is 18.7. The molecule has 0 saturated carbocycles. The van der Waals surface area contributed by atoms with Crippen LogP contribution >= 0.6 is 0 Å². The van der Waals surface area contributed by atoms with E-state index in [0.29, 0.717) is 18.9 Å². The van der Waals surface area contributed by atoms with Crippen molar-refractivity contribution in [3.05, 3.63) is 90.0 Å². The molecule has 3 aromatic carbocycles. The van der Waals surface area contributed by atoms with Crippen LogP contribution in [0.3, 0.4) is 0 Å². The molecule has 4 rings (SSSR count). The number of benzene rings is 3. The standard InChI is InChI=1S/C26H26F2N2O3S/c1-18(19-7-9-21(10-8-19)20-5-3-2-4-6-20)29-26(31)22-13-15-30(16-14-22)34(32,33)25-17-23(27)11-12-24(25)28/h2-12,17-18,22H,13-16H2,1H3,(H,29,31).